The van der Waals surface area contributed by atoms with Gasteiger partial charge in [0.25, 0.3) is 5.91 Å². The van der Waals surface area contributed by atoms with Crippen LogP contribution in [-0.4, -0.2) is 72.1 Å². The number of carbonyl (C=O) groups excluding carboxylic acids is 2. The summed E-state index contributed by atoms with van der Waals surface area (Å²) in [6, 6.07) is 13.1. The van der Waals surface area contributed by atoms with Gasteiger partial charge in [-0.25, -0.2) is 9.79 Å². The first kappa shape index (κ1) is 20.4. The molecule has 3 aliphatic heterocycles. The average molecular weight is 434 g/mol. The van der Waals surface area contributed by atoms with Crippen molar-refractivity contribution in [2.24, 2.45) is 4.99 Å². The maximum atomic E-state index is 13.6. The SMILES string of the molecule is COc1ccc(N2CCN3C2=NC2C3C(=O)N(Cc3cc(C)ccc3C)C(=O)N2C)cc1. The summed E-state index contributed by atoms with van der Waals surface area (Å²) in [7, 11) is 3.37. The van der Waals surface area contributed by atoms with Gasteiger partial charge in [-0.2, -0.15) is 0 Å². The van der Waals surface area contributed by atoms with Crippen LogP contribution in [0.25, 0.3) is 0 Å². The van der Waals surface area contributed by atoms with Crippen molar-refractivity contribution in [1.82, 2.24) is 14.7 Å². The number of hydrogen-bond acceptors (Lipinski definition) is 6. The predicted octanol–water partition coefficient (Wildman–Crippen LogP) is 2.59. The minimum Gasteiger partial charge on any atom is -0.497 e. The molecule has 2 aromatic rings. The highest BCUT2D eigenvalue weighted by Crippen LogP contribution is 2.34. The molecule has 0 bridgehead atoms. The molecule has 0 spiro atoms. The van der Waals surface area contributed by atoms with Gasteiger partial charge in [0.1, 0.15) is 5.75 Å². The Balaban J connectivity index is 1.43. The van der Waals surface area contributed by atoms with Gasteiger partial charge in [0.2, 0.25) is 5.96 Å². The largest absolute Gasteiger partial charge is 0.497 e. The van der Waals surface area contributed by atoms with Gasteiger partial charge in [-0.05, 0) is 49.2 Å². The van der Waals surface area contributed by atoms with Gasteiger partial charge in [-0.3, -0.25) is 9.69 Å². The van der Waals surface area contributed by atoms with Gasteiger partial charge in [0.15, 0.2) is 12.2 Å². The third-order valence-electron chi connectivity index (χ3n) is 6.59. The van der Waals surface area contributed by atoms with Crippen LogP contribution in [0.15, 0.2) is 47.5 Å². The van der Waals surface area contributed by atoms with Gasteiger partial charge in [0.05, 0.1) is 13.7 Å². The van der Waals surface area contributed by atoms with Gasteiger partial charge < -0.3 is 19.4 Å². The molecule has 32 heavy (non-hydrogen) atoms. The minimum absolute atomic E-state index is 0.186. The van der Waals surface area contributed by atoms with E-state index in [1.807, 2.05) is 61.2 Å². The fraction of sp³-hybridized carbons (Fsp3) is 0.375. The Morgan fingerprint density at radius 3 is 2.53 bits per heavy atom. The van der Waals surface area contributed by atoms with Crippen LogP contribution in [0.5, 0.6) is 5.75 Å². The monoisotopic (exact) mass is 433 g/mol. The second-order valence-electron chi connectivity index (χ2n) is 8.58. The third kappa shape index (κ3) is 3.09. The molecular formula is C24H27N5O3. The number of guanidine groups is 1. The lowest BCUT2D eigenvalue weighted by atomic mass is 10.0. The Morgan fingerprint density at radius 1 is 1.06 bits per heavy atom. The summed E-state index contributed by atoms with van der Waals surface area (Å²) in [5.74, 6) is 1.34. The number of aliphatic imine (C=N–C) groups is 1. The first-order chi connectivity index (χ1) is 15.4. The maximum Gasteiger partial charge on any atom is 0.328 e. The van der Waals surface area contributed by atoms with Crippen molar-refractivity contribution in [1.29, 1.82) is 0 Å². The highest BCUT2D eigenvalue weighted by atomic mass is 16.5. The van der Waals surface area contributed by atoms with Gasteiger partial charge in [0, 0.05) is 25.8 Å². The second kappa shape index (κ2) is 7.55. The Bertz CT molecular complexity index is 1110. The molecule has 0 aromatic heterocycles. The molecule has 3 heterocycles. The minimum atomic E-state index is -0.513. The fourth-order valence-electron chi connectivity index (χ4n) is 4.73. The molecule has 2 fully saturated rings. The molecule has 0 saturated carbocycles. The number of imide groups is 1. The first-order valence-electron chi connectivity index (χ1n) is 10.8. The predicted molar refractivity (Wildman–Crippen MR) is 122 cm³/mol. The molecule has 2 aromatic carbocycles. The van der Waals surface area contributed by atoms with Crippen molar-refractivity contribution in [3.63, 3.8) is 0 Å². The number of aryl methyl sites for hydroxylation is 2. The number of carbonyl (C=O) groups is 2. The van der Waals surface area contributed by atoms with E-state index in [2.05, 4.69) is 4.90 Å². The number of benzene rings is 2. The van der Waals surface area contributed by atoms with Crippen LogP contribution in [-0.2, 0) is 11.3 Å². The molecule has 5 rings (SSSR count). The van der Waals surface area contributed by atoms with Crippen molar-refractivity contribution >= 4 is 23.6 Å². The number of ether oxygens (including phenoxy) is 1. The number of nitrogens with zero attached hydrogens (tertiary/aromatic N) is 5. The van der Waals surface area contributed by atoms with E-state index in [1.165, 1.54) is 4.90 Å². The molecule has 2 unspecified atom stereocenters. The van der Waals surface area contributed by atoms with Crippen LogP contribution in [0.1, 0.15) is 16.7 Å². The number of urea groups is 1. The summed E-state index contributed by atoms with van der Waals surface area (Å²) >= 11 is 0. The Labute approximate surface area is 187 Å². The Hall–Kier alpha value is -3.55. The van der Waals surface area contributed by atoms with Crippen molar-refractivity contribution < 1.29 is 14.3 Å². The second-order valence-corrected chi connectivity index (χ2v) is 8.58. The van der Waals surface area contributed by atoms with E-state index >= 15 is 0 Å². The molecule has 166 valence electrons. The standard InChI is InChI=1S/C24H27N5O3/c1-15-5-6-16(2)17(13-15)14-29-22(30)20-21(26(3)24(29)31)25-23-27(11-12-28(20)23)18-7-9-19(32-4)10-8-18/h5-10,13,20-21H,11-12,14H2,1-4H3. The molecule has 3 aliphatic rings. The summed E-state index contributed by atoms with van der Waals surface area (Å²) in [6.45, 7) is 5.70. The number of fused-ring (bicyclic) bond motifs is 3. The molecule has 2 atom stereocenters. The molecular weight excluding hydrogens is 406 g/mol. The Kier molecular flexibility index (Phi) is 4.80. The zero-order valence-corrected chi connectivity index (χ0v) is 18.8. The molecule has 8 nitrogen and oxygen atoms in total. The van der Waals surface area contributed by atoms with Crippen molar-refractivity contribution in [3.8, 4) is 5.75 Å². The Morgan fingerprint density at radius 2 is 1.81 bits per heavy atom. The summed E-state index contributed by atoms with van der Waals surface area (Å²) < 4.78 is 5.26. The smallest absolute Gasteiger partial charge is 0.328 e. The lowest BCUT2D eigenvalue weighted by molar-refractivity contribution is -0.137. The molecule has 2 saturated heterocycles. The summed E-state index contributed by atoms with van der Waals surface area (Å²) in [5, 5.41) is 0. The van der Waals surface area contributed by atoms with E-state index in [0.29, 0.717) is 6.54 Å². The normalized spacial score (nSPS) is 22.3. The van der Waals surface area contributed by atoms with Crippen LogP contribution >= 0.6 is 0 Å². The van der Waals surface area contributed by atoms with E-state index < -0.39 is 12.2 Å². The van der Waals surface area contributed by atoms with Crippen LogP contribution in [0, 0.1) is 13.8 Å². The summed E-state index contributed by atoms with van der Waals surface area (Å²) in [4.78, 5) is 38.6. The first-order valence-corrected chi connectivity index (χ1v) is 10.8. The van der Waals surface area contributed by atoms with E-state index in [-0.39, 0.29) is 18.5 Å². The van der Waals surface area contributed by atoms with E-state index in [1.54, 1.807) is 19.1 Å². The number of methoxy groups -OCH3 is 1. The van der Waals surface area contributed by atoms with Gasteiger partial charge >= 0.3 is 6.03 Å². The highest BCUT2D eigenvalue weighted by molar-refractivity contribution is 6.08. The fourth-order valence-corrected chi connectivity index (χ4v) is 4.73. The van der Waals surface area contributed by atoms with Crippen LogP contribution in [0.2, 0.25) is 0 Å². The van der Waals surface area contributed by atoms with Crippen LogP contribution < -0.4 is 9.64 Å². The number of hydrogen-bond donors (Lipinski definition) is 0. The summed E-state index contributed by atoms with van der Waals surface area (Å²) in [5.41, 5.74) is 4.14. The number of likely N-dealkylation sites (N-methyl/N-ethyl adjacent to an activating group) is 1. The van der Waals surface area contributed by atoms with Crippen LogP contribution in [0.4, 0.5) is 10.5 Å². The highest BCUT2D eigenvalue weighted by Gasteiger charge is 2.54. The zero-order chi connectivity index (χ0) is 22.6. The van der Waals surface area contributed by atoms with E-state index in [9.17, 15) is 9.59 Å². The van der Waals surface area contributed by atoms with Crippen molar-refractivity contribution in [2.45, 2.75) is 32.6 Å². The van der Waals surface area contributed by atoms with Crippen LogP contribution in [0.3, 0.4) is 0 Å². The quantitative estimate of drug-likeness (QED) is 0.742. The average Bonchev–Trinajstić information content (AvgIpc) is 3.37. The van der Waals surface area contributed by atoms with E-state index in [0.717, 1.165) is 40.6 Å². The molecule has 0 aliphatic carbocycles. The lowest BCUT2D eigenvalue weighted by Gasteiger charge is -2.40. The molecule has 0 N–H and O–H groups in total. The number of amides is 3. The maximum absolute atomic E-state index is 13.6. The van der Waals surface area contributed by atoms with Gasteiger partial charge in [-0.15, -0.1) is 0 Å². The van der Waals surface area contributed by atoms with Crippen molar-refractivity contribution in [2.75, 3.05) is 32.1 Å². The molecule has 8 heteroatoms. The third-order valence-corrected chi connectivity index (χ3v) is 6.59. The summed E-state index contributed by atoms with van der Waals surface area (Å²) in [6.07, 6.45) is -0.513. The van der Waals surface area contributed by atoms with Gasteiger partial charge in [-0.1, -0.05) is 23.8 Å². The zero-order valence-electron chi connectivity index (χ0n) is 18.8. The number of anilines is 1. The van der Waals surface area contributed by atoms with E-state index in [4.69, 9.17) is 9.73 Å². The lowest BCUT2D eigenvalue weighted by Crippen LogP contribution is -2.64. The molecule has 3 amide bonds. The number of rotatable bonds is 4. The molecule has 0 radical (unpaired) electrons. The van der Waals surface area contributed by atoms with Crippen molar-refractivity contribution in [3.05, 3.63) is 59.2 Å². The topological polar surface area (TPSA) is 68.7 Å².